The van der Waals surface area contributed by atoms with Crippen molar-refractivity contribution in [2.24, 2.45) is 0 Å². The number of aromatic nitrogens is 1. The van der Waals surface area contributed by atoms with E-state index in [2.05, 4.69) is 10.3 Å². The fraction of sp³-hybridized carbons (Fsp3) is 0.500. The highest BCUT2D eigenvalue weighted by Crippen LogP contribution is 2.29. The summed E-state index contributed by atoms with van der Waals surface area (Å²) in [5.41, 5.74) is -0.913. The van der Waals surface area contributed by atoms with Gasteiger partial charge in [-0.15, -0.1) is 0 Å². The third kappa shape index (κ3) is 3.35. The lowest BCUT2D eigenvalue weighted by molar-refractivity contribution is -0.141. The van der Waals surface area contributed by atoms with E-state index >= 15 is 0 Å². The van der Waals surface area contributed by atoms with E-state index in [0.717, 1.165) is 25.0 Å². The molecule has 1 saturated heterocycles. The molecule has 1 aliphatic heterocycles. The van der Waals surface area contributed by atoms with Crippen LogP contribution in [0.5, 0.6) is 0 Å². The molecular weight excluding hydrogens is 259 g/mol. The van der Waals surface area contributed by atoms with Crippen molar-refractivity contribution in [1.29, 1.82) is 5.26 Å². The molecule has 2 heterocycles. The first kappa shape index (κ1) is 13.6. The van der Waals surface area contributed by atoms with Crippen LogP contribution in [0, 0.1) is 11.3 Å². The summed E-state index contributed by atoms with van der Waals surface area (Å²) in [5.74, 6) is -0.0344. The fourth-order valence-electron chi connectivity index (χ4n) is 1.87. The Labute approximate surface area is 108 Å². The SMILES string of the molecule is N#Cc1ccc(C(F)(F)F)nc1NC1CCCOC1. The molecule has 0 radical (unpaired) electrons. The smallest absolute Gasteiger partial charge is 0.379 e. The summed E-state index contributed by atoms with van der Waals surface area (Å²) in [6, 6.07) is 3.65. The Bertz CT molecular complexity index is 490. The second-order valence-electron chi connectivity index (χ2n) is 4.26. The van der Waals surface area contributed by atoms with Gasteiger partial charge in [-0.25, -0.2) is 4.98 Å². The van der Waals surface area contributed by atoms with Gasteiger partial charge in [-0.2, -0.15) is 18.4 Å². The average molecular weight is 271 g/mol. The summed E-state index contributed by atoms with van der Waals surface area (Å²) < 4.78 is 43.0. The van der Waals surface area contributed by atoms with Crippen LogP contribution in [0.4, 0.5) is 19.0 Å². The van der Waals surface area contributed by atoms with Crippen LogP contribution in [-0.4, -0.2) is 24.2 Å². The Kier molecular flexibility index (Phi) is 3.90. The van der Waals surface area contributed by atoms with Gasteiger partial charge >= 0.3 is 6.18 Å². The Hall–Kier alpha value is -1.81. The van der Waals surface area contributed by atoms with E-state index in [4.69, 9.17) is 10.00 Å². The van der Waals surface area contributed by atoms with Crippen LogP contribution in [0.25, 0.3) is 0 Å². The Balaban J connectivity index is 2.23. The van der Waals surface area contributed by atoms with Crippen LogP contribution in [0.15, 0.2) is 12.1 Å². The molecule has 1 aromatic heterocycles. The van der Waals surface area contributed by atoms with Gasteiger partial charge in [0.15, 0.2) is 0 Å². The summed E-state index contributed by atoms with van der Waals surface area (Å²) >= 11 is 0. The maximum atomic E-state index is 12.6. The Morgan fingerprint density at radius 1 is 1.42 bits per heavy atom. The molecule has 1 unspecified atom stereocenters. The normalized spacial score (nSPS) is 19.8. The van der Waals surface area contributed by atoms with Crippen LogP contribution in [-0.2, 0) is 10.9 Å². The minimum Gasteiger partial charge on any atom is -0.379 e. The Morgan fingerprint density at radius 2 is 2.21 bits per heavy atom. The monoisotopic (exact) mass is 271 g/mol. The first-order valence-electron chi connectivity index (χ1n) is 5.83. The van der Waals surface area contributed by atoms with Crippen molar-refractivity contribution in [1.82, 2.24) is 4.98 Å². The van der Waals surface area contributed by atoms with Gasteiger partial charge in [0.05, 0.1) is 18.2 Å². The maximum absolute atomic E-state index is 12.6. The zero-order chi connectivity index (χ0) is 13.9. The van der Waals surface area contributed by atoms with E-state index in [1.807, 2.05) is 6.07 Å². The van der Waals surface area contributed by atoms with Crippen LogP contribution >= 0.6 is 0 Å². The van der Waals surface area contributed by atoms with Gasteiger partial charge in [0.25, 0.3) is 0 Å². The molecule has 0 saturated carbocycles. The molecular formula is C12H12F3N3O. The van der Waals surface area contributed by atoms with Crippen LogP contribution < -0.4 is 5.32 Å². The number of anilines is 1. The minimum atomic E-state index is -4.52. The molecule has 7 heteroatoms. The highest BCUT2D eigenvalue weighted by molar-refractivity contribution is 5.53. The molecule has 0 amide bonds. The third-order valence-electron chi connectivity index (χ3n) is 2.81. The van der Waals surface area contributed by atoms with Gasteiger partial charge in [-0.3, -0.25) is 0 Å². The molecule has 2 rings (SSSR count). The van der Waals surface area contributed by atoms with Crippen molar-refractivity contribution in [2.45, 2.75) is 25.1 Å². The molecule has 19 heavy (non-hydrogen) atoms. The second kappa shape index (κ2) is 5.45. The predicted octanol–water partition coefficient (Wildman–Crippen LogP) is 2.56. The van der Waals surface area contributed by atoms with Crippen LogP contribution in [0.3, 0.4) is 0 Å². The van der Waals surface area contributed by atoms with E-state index in [9.17, 15) is 13.2 Å². The second-order valence-corrected chi connectivity index (χ2v) is 4.26. The topological polar surface area (TPSA) is 57.9 Å². The number of alkyl halides is 3. The number of nitriles is 1. The number of hydrogen-bond acceptors (Lipinski definition) is 4. The number of nitrogens with one attached hydrogen (secondary N) is 1. The van der Waals surface area contributed by atoms with E-state index in [0.29, 0.717) is 13.2 Å². The molecule has 0 aromatic carbocycles. The average Bonchev–Trinajstić information content (AvgIpc) is 2.39. The van der Waals surface area contributed by atoms with Gasteiger partial charge in [-0.1, -0.05) is 0 Å². The van der Waals surface area contributed by atoms with Crippen LogP contribution in [0.2, 0.25) is 0 Å². The lowest BCUT2D eigenvalue weighted by Crippen LogP contribution is -2.31. The van der Waals surface area contributed by atoms with Crippen molar-refractivity contribution in [3.8, 4) is 6.07 Å². The Morgan fingerprint density at radius 3 is 2.79 bits per heavy atom. The number of halogens is 3. The summed E-state index contributed by atoms with van der Waals surface area (Å²) in [4.78, 5) is 3.49. The molecule has 1 aliphatic rings. The highest BCUT2D eigenvalue weighted by atomic mass is 19.4. The molecule has 4 nitrogen and oxygen atoms in total. The number of pyridine rings is 1. The largest absolute Gasteiger partial charge is 0.433 e. The fourth-order valence-corrected chi connectivity index (χ4v) is 1.87. The first-order chi connectivity index (χ1) is 9.00. The molecule has 0 bridgehead atoms. The summed E-state index contributed by atoms with van der Waals surface area (Å²) in [6.07, 6.45) is -2.91. The molecule has 0 spiro atoms. The highest BCUT2D eigenvalue weighted by Gasteiger charge is 2.33. The van der Waals surface area contributed by atoms with E-state index in [1.54, 1.807) is 0 Å². The minimum absolute atomic E-state index is 0.0344. The third-order valence-corrected chi connectivity index (χ3v) is 2.81. The van der Waals surface area contributed by atoms with Gasteiger partial charge in [0.2, 0.25) is 0 Å². The summed E-state index contributed by atoms with van der Waals surface area (Å²) in [6.45, 7) is 1.06. The molecule has 1 atom stereocenters. The van der Waals surface area contributed by atoms with Crippen molar-refractivity contribution in [2.75, 3.05) is 18.5 Å². The van der Waals surface area contributed by atoms with Gasteiger partial charge < -0.3 is 10.1 Å². The predicted molar refractivity (Wildman–Crippen MR) is 61.4 cm³/mol. The molecule has 0 aliphatic carbocycles. The number of hydrogen-bond donors (Lipinski definition) is 1. The summed E-state index contributed by atoms with van der Waals surface area (Å²) in [7, 11) is 0. The summed E-state index contributed by atoms with van der Waals surface area (Å²) in [5, 5.41) is 11.8. The zero-order valence-corrected chi connectivity index (χ0v) is 10.00. The van der Waals surface area contributed by atoms with Gasteiger partial charge in [0.1, 0.15) is 17.6 Å². The number of nitrogens with zero attached hydrogens (tertiary/aromatic N) is 2. The molecule has 1 N–H and O–H groups in total. The lowest BCUT2D eigenvalue weighted by atomic mass is 10.1. The first-order valence-corrected chi connectivity index (χ1v) is 5.83. The van der Waals surface area contributed by atoms with Crippen LogP contribution in [0.1, 0.15) is 24.1 Å². The molecule has 1 fully saturated rings. The van der Waals surface area contributed by atoms with E-state index in [1.165, 1.54) is 0 Å². The van der Waals surface area contributed by atoms with E-state index in [-0.39, 0.29) is 17.4 Å². The zero-order valence-electron chi connectivity index (χ0n) is 10.00. The van der Waals surface area contributed by atoms with Gasteiger partial charge in [-0.05, 0) is 25.0 Å². The molecule has 1 aromatic rings. The molecule has 102 valence electrons. The van der Waals surface area contributed by atoms with Gasteiger partial charge in [0, 0.05) is 6.61 Å². The number of ether oxygens (including phenoxy) is 1. The van der Waals surface area contributed by atoms with Crippen molar-refractivity contribution >= 4 is 5.82 Å². The number of rotatable bonds is 2. The van der Waals surface area contributed by atoms with Crippen molar-refractivity contribution < 1.29 is 17.9 Å². The van der Waals surface area contributed by atoms with E-state index < -0.39 is 11.9 Å². The lowest BCUT2D eigenvalue weighted by Gasteiger charge is -2.24. The van der Waals surface area contributed by atoms with Crippen molar-refractivity contribution in [3.63, 3.8) is 0 Å². The standard InChI is InChI=1S/C12H12F3N3O/c13-12(14,15)10-4-3-8(6-16)11(18-10)17-9-2-1-5-19-7-9/h3-4,9H,1-2,5,7H2,(H,17,18). The van der Waals surface area contributed by atoms with Crippen molar-refractivity contribution in [3.05, 3.63) is 23.4 Å². The quantitative estimate of drug-likeness (QED) is 0.898. The maximum Gasteiger partial charge on any atom is 0.433 e.